The largest absolute Gasteiger partial charge is 0.493 e. The number of hydrogen-bond donors (Lipinski definition) is 2. The smallest absolute Gasteiger partial charge is 0.341 e. The van der Waals surface area contributed by atoms with E-state index in [0.29, 0.717) is 23.6 Å². The molecule has 7 nitrogen and oxygen atoms in total. The number of anilines is 1. The van der Waals surface area contributed by atoms with Crippen LogP contribution in [0.1, 0.15) is 27.7 Å². The molecule has 0 radical (unpaired) electrons. The predicted molar refractivity (Wildman–Crippen MR) is 115 cm³/mol. The number of carbonyl (C=O) groups excluding carboxylic acids is 1. The Balaban J connectivity index is 1.71. The van der Waals surface area contributed by atoms with Crippen molar-refractivity contribution < 1.29 is 24.2 Å². The van der Waals surface area contributed by atoms with Crippen molar-refractivity contribution in [1.29, 1.82) is 0 Å². The second-order valence-corrected chi connectivity index (χ2v) is 7.10. The molecule has 0 spiro atoms. The molecule has 0 saturated heterocycles. The van der Waals surface area contributed by atoms with Crippen LogP contribution in [-0.2, 0) is 11.3 Å². The molecule has 3 aromatic carbocycles. The molecule has 1 heterocycles. The maximum Gasteiger partial charge on any atom is 0.341 e. The maximum absolute atomic E-state index is 13.4. The normalized spacial score (nSPS) is 15.1. The van der Waals surface area contributed by atoms with Crippen LogP contribution < -0.4 is 14.8 Å². The zero-order valence-electron chi connectivity index (χ0n) is 16.9. The quantitative estimate of drug-likeness (QED) is 0.605. The van der Waals surface area contributed by atoms with Gasteiger partial charge in [0, 0.05) is 12.2 Å². The second kappa shape index (κ2) is 8.79. The average molecular weight is 418 g/mol. The molecular weight excluding hydrogens is 396 g/mol. The first-order chi connectivity index (χ1) is 15.1. The molecule has 2 N–H and O–H groups in total. The molecule has 1 amide bonds. The van der Waals surface area contributed by atoms with Gasteiger partial charge in [0.15, 0.2) is 18.1 Å². The first kappa shape index (κ1) is 20.3. The lowest BCUT2D eigenvalue weighted by Crippen LogP contribution is -2.42. The van der Waals surface area contributed by atoms with Gasteiger partial charge in [0.05, 0.1) is 12.7 Å². The van der Waals surface area contributed by atoms with Gasteiger partial charge >= 0.3 is 5.97 Å². The van der Waals surface area contributed by atoms with Gasteiger partial charge < -0.3 is 24.8 Å². The summed E-state index contributed by atoms with van der Waals surface area (Å²) >= 11 is 0. The summed E-state index contributed by atoms with van der Waals surface area (Å²) in [6, 6.07) is 22.4. The molecule has 1 atom stereocenters. The summed E-state index contributed by atoms with van der Waals surface area (Å²) in [5.74, 6) is -0.429. The summed E-state index contributed by atoms with van der Waals surface area (Å²) in [6.07, 6.45) is -0.440. The Labute approximate surface area is 179 Å². The van der Waals surface area contributed by atoms with Gasteiger partial charge in [-0.05, 0) is 35.4 Å². The molecule has 0 fully saturated rings. The minimum atomic E-state index is -1.07. The number of amides is 1. The number of fused-ring (bicyclic) bond motifs is 1. The van der Waals surface area contributed by atoms with Crippen LogP contribution in [0.4, 0.5) is 5.69 Å². The van der Waals surface area contributed by atoms with Gasteiger partial charge in [-0.3, -0.25) is 4.79 Å². The Morgan fingerprint density at radius 1 is 1.03 bits per heavy atom. The SMILES string of the molecule is COc1cc([C@@H]2Nc3ccccc3C(=O)N2Cc2ccccc2)ccc1OCC(=O)O. The highest BCUT2D eigenvalue weighted by molar-refractivity contribution is 6.01. The maximum atomic E-state index is 13.4. The van der Waals surface area contributed by atoms with Crippen molar-refractivity contribution in [3.63, 3.8) is 0 Å². The van der Waals surface area contributed by atoms with Crippen molar-refractivity contribution in [3.05, 3.63) is 89.5 Å². The Hall–Kier alpha value is -4.00. The summed E-state index contributed by atoms with van der Waals surface area (Å²) in [5.41, 5.74) is 3.17. The number of carboxylic acid groups (broad SMARTS) is 1. The molecular formula is C24H22N2O5. The molecule has 0 aliphatic carbocycles. The van der Waals surface area contributed by atoms with E-state index in [0.717, 1.165) is 16.8 Å². The Morgan fingerprint density at radius 2 is 1.77 bits per heavy atom. The molecule has 7 heteroatoms. The number of methoxy groups -OCH3 is 1. The fraction of sp³-hybridized carbons (Fsp3) is 0.167. The van der Waals surface area contributed by atoms with Gasteiger partial charge in [0.25, 0.3) is 5.91 Å². The zero-order valence-corrected chi connectivity index (χ0v) is 16.9. The molecule has 0 bridgehead atoms. The number of ether oxygens (including phenoxy) is 2. The average Bonchev–Trinajstić information content (AvgIpc) is 2.80. The van der Waals surface area contributed by atoms with E-state index in [4.69, 9.17) is 14.6 Å². The first-order valence-electron chi connectivity index (χ1n) is 9.80. The number of benzene rings is 3. The van der Waals surface area contributed by atoms with E-state index in [2.05, 4.69) is 5.32 Å². The van der Waals surface area contributed by atoms with Crippen LogP contribution in [0.2, 0.25) is 0 Å². The van der Waals surface area contributed by atoms with Crippen molar-refractivity contribution >= 4 is 17.6 Å². The van der Waals surface area contributed by atoms with Crippen molar-refractivity contribution in [2.45, 2.75) is 12.7 Å². The van der Waals surface area contributed by atoms with Crippen LogP contribution in [-0.4, -0.2) is 35.6 Å². The zero-order chi connectivity index (χ0) is 21.8. The number of carbonyl (C=O) groups is 2. The lowest BCUT2D eigenvalue weighted by molar-refractivity contribution is -0.139. The highest BCUT2D eigenvalue weighted by Gasteiger charge is 2.33. The van der Waals surface area contributed by atoms with Crippen LogP contribution in [0.5, 0.6) is 11.5 Å². The fourth-order valence-corrected chi connectivity index (χ4v) is 3.61. The minimum Gasteiger partial charge on any atom is -0.493 e. The second-order valence-electron chi connectivity index (χ2n) is 7.10. The van der Waals surface area contributed by atoms with E-state index >= 15 is 0 Å². The lowest BCUT2D eigenvalue weighted by atomic mass is 10.0. The molecule has 1 aliphatic heterocycles. The number of nitrogens with one attached hydrogen (secondary N) is 1. The van der Waals surface area contributed by atoms with E-state index in [-0.39, 0.29) is 5.91 Å². The van der Waals surface area contributed by atoms with Gasteiger partial charge in [-0.1, -0.05) is 48.5 Å². The molecule has 4 rings (SSSR count). The first-order valence-corrected chi connectivity index (χ1v) is 9.80. The fourth-order valence-electron chi connectivity index (χ4n) is 3.61. The number of carboxylic acids is 1. The monoisotopic (exact) mass is 418 g/mol. The summed E-state index contributed by atoms with van der Waals surface area (Å²) in [5, 5.41) is 12.3. The summed E-state index contributed by atoms with van der Waals surface area (Å²) in [6.45, 7) is -0.0470. The highest BCUT2D eigenvalue weighted by atomic mass is 16.5. The van der Waals surface area contributed by atoms with Gasteiger partial charge in [-0.15, -0.1) is 0 Å². The van der Waals surface area contributed by atoms with Gasteiger partial charge in [-0.2, -0.15) is 0 Å². The highest BCUT2D eigenvalue weighted by Crippen LogP contribution is 2.37. The molecule has 0 unspecified atom stereocenters. The molecule has 1 aliphatic rings. The number of nitrogens with zero attached hydrogens (tertiary/aromatic N) is 1. The molecule has 158 valence electrons. The van der Waals surface area contributed by atoms with Crippen molar-refractivity contribution in [2.24, 2.45) is 0 Å². The van der Waals surface area contributed by atoms with Crippen LogP contribution in [0.3, 0.4) is 0 Å². The summed E-state index contributed by atoms with van der Waals surface area (Å²) in [4.78, 5) is 26.0. The predicted octanol–water partition coefficient (Wildman–Crippen LogP) is 3.93. The van der Waals surface area contributed by atoms with Crippen molar-refractivity contribution in [3.8, 4) is 11.5 Å². The lowest BCUT2D eigenvalue weighted by Gasteiger charge is -2.38. The molecule has 0 aromatic heterocycles. The van der Waals surface area contributed by atoms with Gasteiger partial charge in [0.2, 0.25) is 0 Å². The molecule has 0 saturated carbocycles. The van der Waals surface area contributed by atoms with E-state index < -0.39 is 18.7 Å². The third-order valence-electron chi connectivity index (χ3n) is 5.07. The third kappa shape index (κ3) is 4.30. The van der Waals surface area contributed by atoms with Crippen LogP contribution in [0.15, 0.2) is 72.8 Å². The summed E-state index contributed by atoms with van der Waals surface area (Å²) in [7, 11) is 1.49. The van der Waals surface area contributed by atoms with Gasteiger partial charge in [-0.25, -0.2) is 4.79 Å². The van der Waals surface area contributed by atoms with Crippen molar-refractivity contribution in [2.75, 3.05) is 19.0 Å². The Morgan fingerprint density at radius 3 is 2.52 bits per heavy atom. The minimum absolute atomic E-state index is 0.0756. The molecule has 3 aromatic rings. The topological polar surface area (TPSA) is 88.1 Å². The van der Waals surface area contributed by atoms with E-state index in [1.807, 2.05) is 54.6 Å². The molecule has 31 heavy (non-hydrogen) atoms. The van der Waals surface area contributed by atoms with E-state index in [1.54, 1.807) is 23.1 Å². The number of aliphatic carboxylic acids is 1. The number of para-hydroxylation sites is 1. The Bertz CT molecular complexity index is 1100. The number of hydrogen-bond acceptors (Lipinski definition) is 5. The standard InChI is InChI=1S/C24H22N2O5/c1-30-21-13-17(11-12-20(21)31-15-22(27)28)23-25-19-10-6-5-9-18(19)24(29)26(23)14-16-7-3-2-4-8-16/h2-13,23,25H,14-15H2,1H3,(H,27,28)/t23-/m1/s1. The number of rotatable bonds is 7. The Kier molecular flexibility index (Phi) is 5.75. The van der Waals surface area contributed by atoms with Crippen LogP contribution in [0, 0.1) is 0 Å². The van der Waals surface area contributed by atoms with E-state index in [9.17, 15) is 9.59 Å². The summed E-state index contributed by atoms with van der Waals surface area (Å²) < 4.78 is 10.7. The third-order valence-corrected chi connectivity index (χ3v) is 5.07. The van der Waals surface area contributed by atoms with Crippen molar-refractivity contribution in [1.82, 2.24) is 4.90 Å². The van der Waals surface area contributed by atoms with Crippen LogP contribution in [0.25, 0.3) is 0 Å². The van der Waals surface area contributed by atoms with Crippen LogP contribution >= 0.6 is 0 Å². The van der Waals surface area contributed by atoms with E-state index in [1.165, 1.54) is 7.11 Å². The van der Waals surface area contributed by atoms with Gasteiger partial charge in [0.1, 0.15) is 6.17 Å².